The first-order valence-corrected chi connectivity index (χ1v) is 10.9. The molecule has 0 radical (unpaired) electrons. The van der Waals surface area contributed by atoms with Crippen LogP contribution in [0.25, 0.3) is 0 Å². The Labute approximate surface area is 188 Å². The van der Waals surface area contributed by atoms with Crippen molar-refractivity contribution in [2.75, 3.05) is 23.8 Å². The zero-order chi connectivity index (χ0) is 22.9. The minimum atomic E-state index is -0.242. The maximum Gasteiger partial charge on any atom is 0.251 e. The van der Waals surface area contributed by atoms with Gasteiger partial charge in [-0.2, -0.15) is 5.26 Å². The number of anilines is 2. The molecule has 2 aliphatic heterocycles. The molecule has 1 fully saturated rings. The van der Waals surface area contributed by atoms with Gasteiger partial charge in [0, 0.05) is 60.0 Å². The molecule has 3 unspecified atom stereocenters. The van der Waals surface area contributed by atoms with Crippen LogP contribution in [0.15, 0.2) is 42.5 Å². The largest absolute Gasteiger partial charge is 0.381 e. The molecule has 2 amide bonds. The Morgan fingerprint density at radius 1 is 1.22 bits per heavy atom. The first kappa shape index (κ1) is 21.8. The standard InChI is InChI=1S/C25H28N4O3/c1-15(30)28-18-7-5-17(6-8-18)24(31)27-14-25(2,3)23-19-10-11-32-22(19)20-12-16(13-26)4-9-21(20)29-23/h4-9,12,19,22-23,29H,10-11,14H2,1-3H3,(H,27,31)(H,28,30). The summed E-state index contributed by atoms with van der Waals surface area (Å²) >= 11 is 0. The van der Waals surface area contributed by atoms with Gasteiger partial charge in [-0.15, -0.1) is 0 Å². The van der Waals surface area contributed by atoms with E-state index in [-0.39, 0.29) is 35.3 Å². The van der Waals surface area contributed by atoms with Crippen LogP contribution in [0.2, 0.25) is 0 Å². The van der Waals surface area contributed by atoms with Gasteiger partial charge in [-0.1, -0.05) is 13.8 Å². The number of hydrogen-bond donors (Lipinski definition) is 3. The second-order valence-electron chi connectivity index (χ2n) is 9.21. The normalized spacial score (nSPS) is 21.5. The van der Waals surface area contributed by atoms with Crippen LogP contribution in [0.5, 0.6) is 0 Å². The van der Waals surface area contributed by atoms with Crippen LogP contribution >= 0.6 is 0 Å². The fourth-order valence-corrected chi connectivity index (χ4v) is 4.74. The molecule has 2 heterocycles. The van der Waals surface area contributed by atoms with Crippen LogP contribution in [0.4, 0.5) is 11.4 Å². The summed E-state index contributed by atoms with van der Waals surface area (Å²) in [5.74, 6) is -0.0367. The van der Waals surface area contributed by atoms with Crippen LogP contribution < -0.4 is 16.0 Å². The number of hydrogen-bond acceptors (Lipinski definition) is 5. The zero-order valence-electron chi connectivity index (χ0n) is 18.6. The lowest BCUT2D eigenvalue weighted by atomic mass is 9.71. The van der Waals surface area contributed by atoms with E-state index in [9.17, 15) is 14.9 Å². The van der Waals surface area contributed by atoms with Gasteiger partial charge in [-0.3, -0.25) is 9.59 Å². The SMILES string of the molecule is CC(=O)Nc1ccc(C(=O)NCC(C)(C)C2Nc3ccc(C#N)cc3C3OCCC32)cc1. The number of benzene rings is 2. The maximum absolute atomic E-state index is 12.7. The van der Waals surface area contributed by atoms with Crippen LogP contribution in [0.3, 0.4) is 0 Å². The summed E-state index contributed by atoms with van der Waals surface area (Å²) < 4.78 is 6.08. The van der Waals surface area contributed by atoms with E-state index in [4.69, 9.17) is 4.74 Å². The Morgan fingerprint density at radius 2 is 1.97 bits per heavy atom. The molecule has 32 heavy (non-hydrogen) atoms. The number of fused-ring (bicyclic) bond motifs is 3. The second-order valence-corrected chi connectivity index (χ2v) is 9.21. The maximum atomic E-state index is 12.7. The first-order valence-electron chi connectivity index (χ1n) is 10.9. The smallest absolute Gasteiger partial charge is 0.251 e. The van der Waals surface area contributed by atoms with Crippen molar-refractivity contribution in [2.24, 2.45) is 11.3 Å². The Kier molecular flexibility index (Phi) is 5.90. The van der Waals surface area contributed by atoms with Crippen molar-refractivity contribution in [1.29, 1.82) is 5.26 Å². The van der Waals surface area contributed by atoms with E-state index < -0.39 is 0 Å². The van der Waals surface area contributed by atoms with E-state index >= 15 is 0 Å². The third-order valence-electron chi connectivity index (χ3n) is 6.38. The number of nitriles is 1. The fraction of sp³-hybridized carbons (Fsp3) is 0.400. The van der Waals surface area contributed by atoms with Gasteiger partial charge in [0.1, 0.15) is 0 Å². The summed E-state index contributed by atoms with van der Waals surface area (Å²) in [7, 11) is 0. The van der Waals surface area contributed by atoms with Crippen molar-refractivity contribution < 1.29 is 14.3 Å². The minimum Gasteiger partial charge on any atom is -0.381 e. The van der Waals surface area contributed by atoms with Gasteiger partial charge < -0.3 is 20.7 Å². The van der Waals surface area contributed by atoms with Crippen molar-refractivity contribution in [3.8, 4) is 6.07 Å². The van der Waals surface area contributed by atoms with Gasteiger partial charge in [-0.25, -0.2) is 0 Å². The molecule has 0 spiro atoms. The lowest BCUT2D eigenvalue weighted by molar-refractivity contribution is -0.114. The van der Waals surface area contributed by atoms with Gasteiger partial charge in [0.2, 0.25) is 5.91 Å². The quantitative estimate of drug-likeness (QED) is 0.666. The van der Waals surface area contributed by atoms with Crippen molar-refractivity contribution >= 4 is 23.2 Å². The Balaban J connectivity index is 1.46. The number of carbonyl (C=O) groups is 2. The molecule has 0 saturated carbocycles. The highest BCUT2D eigenvalue weighted by Gasteiger charge is 2.46. The van der Waals surface area contributed by atoms with Crippen LogP contribution in [0, 0.1) is 22.7 Å². The number of carbonyl (C=O) groups excluding carboxylic acids is 2. The topological polar surface area (TPSA) is 103 Å². The third-order valence-corrected chi connectivity index (χ3v) is 6.38. The predicted molar refractivity (Wildman–Crippen MR) is 122 cm³/mol. The summed E-state index contributed by atoms with van der Waals surface area (Å²) in [6, 6.07) is 14.8. The molecule has 2 aromatic carbocycles. The van der Waals surface area contributed by atoms with Gasteiger partial charge in [-0.05, 0) is 48.9 Å². The summed E-state index contributed by atoms with van der Waals surface area (Å²) in [6.45, 7) is 6.92. The highest BCUT2D eigenvalue weighted by molar-refractivity contribution is 5.95. The highest BCUT2D eigenvalue weighted by Crippen LogP contribution is 2.48. The predicted octanol–water partition coefficient (Wildman–Crippen LogP) is 3.84. The summed E-state index contributed by atoms with van der Waals surface area (Å²) in [4.78, 5) is 23.9. The molecule has 166 valence electrons. The third kappa shape index (κ3) is 4.32. The molecule has 7 heteroatoms. The molecular weight excluding hydrogens is 404 g/mol. The van der Waals surface area contributed by atoms with Crippen molar-refractivity contribution in [2.45, 2.75) is 39.3 Å². The summed E-state index contributed by atoms with van der Waals surface area (Å²) in [5.41, 5.74) is 3.63. The monoisotopic (exact) mass is 432 g/mol. The lowest BCUT2D eigenvalue weighted by Crippen LogP contribution is -2.51. The van der Waals surface area contributed by atoms with E-state index in [0.29, 0.717) is 30.0 Å². The van der Waals surface area contributed by atoms with E-state index in [2.05, 4.69) is 35.9 Å². The van der Waals surface area contributed by atoms with Crippen molar-refractivity contribution in [3.05, 3.63) is 59.2 Å². The molecule has 3 atom stereocenters. The molecule has 1 saturated heterocycles. The van der Waals surface area contributed by atoms with Crippen molar-refractivity contribution in [1.82, 2.24) is 5.32 Å². The minimum absolute atomic E-state index is 0.0409. The Hall–Kier alpha value is -3.37. The molecule has 2 aliphatic rings. The first-order chi connectivity index (χ1) is 15.3. The molecular formula is C25H28N4O3. The van der Waals surface area contributed by atoms with Gasteiger partial charge in [0.15, 0.2) is 0 Å². The Morgan fingerprint density at radius 3 is 2.66 bits per heavy atom. The molecule has 0 aliphatic carbocycles. The number of amides is 2. The number of ether oxygens (including phenoxy) is 1. The van der Waals surface area contributed by atoms with Crippen molar-refractivity contribution in [3.63, 3.8) is 0 Å². The van der Waals surface area contributed by atoms with Gasteiger partial charge in [0.25, 0.3) is 5.91 Å². The molecule has 0 bridgehead atoms. The van der Waals surface area contributed by atoms with Crippen LogP contribution in [0.1, 0.15) is 54.8 Å². The fourth-order valence-electron chi connectivity index (χ4n) is 4.74. The number of nitrogens with zero attached hydrogens (tertiary/aromatic N) is 1. The van der Waals surface area contributed by atoms with Crippen LogP contribution in [-0.2, 0) is 9.53 Å². The zero-order valence-corrected chi connectivity index (χ0v) is 18.6. The molecule has 4 rings (SSSR count). The molecule has 3 N–H and O–H groups in total. The van der Waals surface area contributed by atoms with Crippen LogP contribution in [-0.4, -0.2) is 31.0 Å². The van der Waals surface area contributed by atoms with Gasteiger partial charge in [0.05, 0.1) is 17.7 Å². The molecule has 7 nitrogen and oxygen atoms in total. The highest BCUT2D eigenvalue weighted by atomic mass is 16.5. The van der Waals surface area contributed by atoms with E-state index in [1.165, 1.54) is 6.92 Å². The Bertz CT molecular complexity index is 1070. The van der Waals surface area contributed by atoms with E-state index in [1.54, 1.807) is 24.3 Å². The lowest BCUT2D eigenvalue weighted by Gasteiger charge is -2.45. The molecule has 2 aromatic rings. The second kappa shape index (κ2) is 8.64. The summed E-state index contributed by atoms with van der Waals surface area (Å²) in [6.07, 6.45) is 0.890. The summed E-state index contributed by atoms with van der Waals surface area (Å²) in [5, 5.41) is 18.7. The van der Waals surface area contributed by atoms with E-state index in [1.807, 2.05) is 18.2 Å². The van der Waals surface area contributed by atoms with E-state index in [0.717, 1.165) is 17.7 Å². The molecule has 0 aromatic heterocycles. The average Bonchev–Trinajstić information content (AvgIpc) is 3.27. The average molecular weight is 433 g/mol. The number of rotatable bonds is 5. The van der Waals surface area contributed by atoms with Gasteiger partial charge >= 0.3 is 0 Å². The number of nitrogens with one attached hydrogen (secondary N) is 3.